The van der Waals surface area contributed by atoms with Gasteiger partial charge in [0.25, 0.3) is 0 Å². The second kappa shape index (κ2) is 7.84. The zero-order valence-corrected chi connectivity index (χ0v) is 10.1. The van der Waals surface area contributed by atoms with Gasteiger partial charge < -0.3 is 0 Å². The van der Waals surface area contributed by atoms with E-state index in [1.165, 1.54) is 27.8 Å². The van der Waals surface area contributed by atoms with Gasteiger partial charge in [-0.2, -0.15) is 0 Å². The average Bonchev–Trinajstić information content (AvgIpc) is 2.34. The van der Waals surface area contributed by atoms with Crippen molar-refractivity contribution in [2.45, 2.75) is 5.16 Å². The Labute approximate surface area is 102 Å². The number of hydrogen-bond acceptors (Lipinski definition) is 5. The standard InChI is InChI=1S/C10H10N4S2/c1-3-6-12-9(11-4-2)15-16-10-13-7-5-8-14-10/h3-8H,1-2H2. The maximum Gasteiger partial charge on any atom is 0.198 e. The molecule has 1 aromatic rings. The Kier molecular flexibility index (Phi) is 6.20. The number of allylic oxidation sites excluding steroid dienone is 1. The Bertz CT molecular complexity index is 401. The summed E-state index contributed by atoms with van der Waals surface area (Å²) in [5, 5.41) is 1.24. The van der Waals surface area contributed by atoms with Crippen molar-refractivity contribution in [3.05, 3.63) is 43.9 Å². The number of nitrogens with zero attached hydrogens (tertiary/aromatic N) is 4. The van der Waals surface area contributed by atoms with Gasteiger partial charge in [-0.3, -0.25) is 0 Å². The lowest BCUT2D eigenvalue weighted by Gasteiger charge is -1.97. The summed E-state index contributed by atoms with van der Waals surface area (Å²) in [5.74, 6) is 0. The third-order valence-electron chi connectivity index (χ3n) is 1.22. The topological polar surface area (TPSA) is 50.5 Å². The molecule has 0 bridgehead atoms. The molecular formula is C10H10N4S2. The fraction of sp³-hybridized carbons (Fsp3) is 0. The molecule has 0 radical (unpaired) electrons. The second-order valence-corrected chi connectivity index (χ2v) is 4.37. The summed E-state index contributed by atoms with van der Waals surface area (Å²) in [7, 11) is 2.75. The molecule has 82 valence electrons. The Hall–Kier alpha value is -1.40. The normalized spacial score (nSPS) is 11.6. The van der Waals surface area contributed by atoms with Gasteiger partial charge in [0.2, 0.25) is 0 Å². The van der Waals surface area contributed by atoms with E-state index in [2.05, 4.69) is 33.1 Å². The summed E-state index contributed by atoms with van der Waals surface area (Å²) >= 11 is 0. The number of amidine groups is 1. The van der Waals surface area contributed by atoms with Gasteiger partial charge in [0.05, 0.1) is 0 Å². The van der Waals surface area contributed by atoms with Crippen molar-refractivity contribution in [1.82, 2.24) is 9.97 Å². The molecule has 0 atom stereocenters. The van der Waals surface area contributed by atoms with Crippen LogP contribution in [0.3, 0.4) is 0 Å². The van der Waals surface area contributed by atoms with E-state index in [0.717, 1.165) is 0 Å². The minimum Gasteiger partial charge on any atom is -0.231 e. The van der Waals surface area contributed by atoms with Crippen molar-refractivity contribution in [3.63, 3.8) is 0 Å². The highest BCUT2D eigenvalue weighted by atomic mass is 33.1. The zero-order chi connectivity index (χ0) is 11.6. The minimum absolute atomic E-state index is 0.576. The van der Waals surface area contributed by atoms with Gasteiger partial charge in [0, 0.05) is 24.8 Å². The van der Waals surface area contributed by atoms with Crippen LogP contribution in [0.4, 0.5) is 0 Å². The van der Waals surface area contributed by atoms with Gasteiger partial charge in [0.1, 0.15) is 0 Å². The molecule has 0 aliphatic carbocycles. The molecule has 4 nitrogen and oxygen atoms in total. The lowest BCUT2D eigenvalue weighted by atomic mass is 10.7. The second-order valence-electron chi connectivity index (χ2n) is 2.31. The molecule has 0 aliphatic heterocycles. The molecule has 0 aliphatic rings. The summed E-state index contributed by atoms with van der Waals surface area (Å²) < 4.78 is 0. The van der Waals surface area contributed by atoms with E-state index in [0.29, 0.717) is 10.3 Å². The lowest BCUT2D eigenvalue weighted by Crippen LogP contribution is -1.86. The summed E-state index contributed by atoms with van der Waals surface area (Å²) in [6.45, 7) is 7.06. The van der Waals surface area contributed by atoms with Gasteiger partial charge in [0.15, 0.2) is 10.3 Å². The van der Waals surface area contributed by atoms with Crippen molar-refractivity contribution in [3.8, 4) is 0 Å². The first-order chi connectivity index (χ1) is 7.86. The van der Waals surface area contributed by atoms with E-state index < -0.39 is 0 Å². The maximum atomic E-state index is 4.07. The molecule has 1 aromatic heterocycles. The van der Waals surface area contributed by atoms with Crippen LogP contribution >= 0.6 is 21.6 Å². The molecule has 1 rings (SSSR count). The molecule has 16 heavy (non-hydrogen) atoms. The smallest absolute Gasteiger partial charge is 0.198 e. The number of rotatable bonds is 4. The van der Waals surface area contributed by atoms with Crippen LogP contribution in [0.1, 0.15) is 0 Å². The van der Waals surface area contributed by atoms with Crippen molar-refractivity contribution >= 4 is 33.0 Å². The molecule has 0 spiro atoms. The van der Waals surface area contributed by atoms with Crippen molar-refractivity contribution in [1.29, 1.82) is 0 Å². The average molecular weight is 250 g/mol. The highest BCUT2D eigenvalue weighted by Crippen LogP contribution is 2.29. The Morgan fingerprint density at radius 1 is 1.31 bits per heavy atom. The molecule has 0 aromatic carbocycles. The number of aromatic nitrogens is 2. The van der Waals surface area contributed by atoms with E-state index in [9.17, 15) is 0 Å². The summed E-state index contributed by atoms with van der Waals surface area (Å²) in [4.78, 5) is 16.2. The van der Waals surface area contributed by atoms with E-state index in [-0.39, 0.29) is 0 Å². The Morgan fingerprint density at radius 2 is 2.06 bits per heavy atom. The molecule has 0 fully saturated rings. The first kappa shape index (κ1) is 12.7. The third-order valence-corrected chi connectivity index (χ3v) is 3.17. The first-order valence-corrected chi connectivity index (χ1v) is 6.47. The molecule has 0 saturated carbocycles. The van der Waals surface area contributed by atoms with Crippen LogP contribution in [-0.4, -0.2) is 21.4 Å². The fourth-order valence-corrected chi connectivity index (χ4v) is 2.22. The van der Waals surface area contributed by atoms with Crippen molar-refractivity contribution < 1.29 is 0 Å². The highest BCUT2D eigenvalue weighted by molar-refractivity contribution is 8.82. The number of aliphatic imine (C=N–C) groups is 2. The molecule has 0 N–H and O–H groups in total. The van der Waals surface area contributed by atoms with Gasteiger partial charge in [-0.1, -0.05) is 19.2 Å². The zero-order valence-electron chi connectivity index (χ0n) is 8.48. The summed E-state index contributed by atoms with van der Waals surface area (Å²) in [6, 6.07) is 1.77. The van der Waals surface area contributed by atoms with Crippen molar-refractivity contribution in [2.75, 3.05) is 0 Å². The van der Waals surface area contributed by atoms with Crippen LogP contribution in [0.25, 0.3) is 0 Å². The predicted molar refractivity (Wildman–Crippen MR) is 71.8 cm³/mol. The summed E-state index contributed by atoms with van der Waals surface area (Å²) in [6.07, 6.45) is 7.97. The largest absolute Gasteiger partial charge is 0.231 e. The highest BCUT2D eigenvalue weighted by Gasteiger charge is 2.01. The van der Waals surface area contributed by atoms with Crippen LogP contribution < -0.4 is 0 Å². The van der Waals surface area contributed by atoms with Crippen molar-refractivity contribution in [2.24, 2.45) is 9.98 Å². The molecule has 0 unspecified atom stereocenters. The molecule has 0 saturated heterocycles. The quantitative estimate of drug-likeness (QED) is 0.357. The maximum absolute atomic E-state index is 4.07. The number of hydrogen-bond donors (Lipinski definition) is 0. The Balaban J connectivity index is 2.57. The molecule has 6 heteroatoms. The minimum atomic E-state index is 0.576. The van der Waals surface area contributed by atoms with E-state index in [1.54, 1.807) is 30.8 Å². The third kappa shape index (κ3) is 4.90. The van der Waals surface area contributed by atoms with Crippen LogP contribution in [0.15, 0.2) is 59.0 Å². The van der Waals surface area contributed by atoms with Gasteiger partial charge in [-0.25, -0.2) is 20.0 Å². The van der Waals surface area contributed by atoms with E-state index in [4.69, 9.17) is 0 Å². The fourth-order valence-electron chi connectivity index (χ4n) is 0.674. The van der Waals surface area contributed by atoms with Gasteiger partial charge in [-0.15, -0.1) is 0 Å². The molecular weight excluding hydrogens is 240 g/mol. The monoisotopic (exact) mass is 250 g/mol. The van der Waals surface area contributed by atoms with E-state index in [1.807, 2.05) is 0 Å². The van der Waals surface area contributed by atoms with E-state index >= 15 is 0 Å². The van der Waals surface area contributed by atoms with Gasteiger partial charge in [-0.05, 0) is 27.7 Å². The first-order valence-electron chi connectivity index (χ1n) is 4.32. The molecule has 1 heterocycles. The summed E-state index contributed by atoms with van der Waals surface area (Å²) in [5.41, 5.74) is 0. The van der Waals surface area contributed by atoms with Gasteiger partial charge >= 0.3 is 0 Å². The van der Waals surface area contributed by atoms with Crippen LogP contribution in [0.5, 0.6) is 0 Å². The lowest BCUT2D eigenvalue weighted by molar-refractivity contribution is 0.973. The van der Waals surface area contributed by atoms with Crippen LogP contribution in [-0.2, 0) is 0 Å². The SMILES string of the molecule is C=CC=NC(=NC=C)SSc1ncccn1. The Morgan fingerprint density at radius 3 is 2.69 bits per heavy atom. The molecule has 0 amide bonds. The van der Waals surface area contributed by atoms with Crippen LogP contribution in [0, 0.1) is 0 Å². The van der Waals surface area contributed by atoms with Crippen LogP contribution in [0.2, 0.25) is 0 Å². The predicted octanol–water partition coefficient (Wildman–Crippen LogP) is 2.97.